The molecule has 0 saturated heterocycles. The van der Waals surface area contributed by atoms with Gasteiger partial charge >= 0.3 is 5.97 Å². The molecule has 1 aromatic carbocycles. The Kier molecular flexibility index (Phi) is 6.65. The molecule has 0 aliphatic rings. The SMILES string of the molecule is CCCCCCC(C)Oc1ccc([N+](=O)[O-])cc1C(=O)O. The molecule has 0 aliphatic carbocycles. The van der Waals surface area contributed by atoms with Gasteiger partial charge in [0.15, 0.2) is 0 Å². The predicted octanol–water partition coefficient (Wildman–Crippen LogP) is 4.03. The number of non-ortho nitro benzene ring substituents is 1. The molecule has 0 bridgehead atoms. The van der Waals surface area contributed by atoms with Crippen molar-refractivity contribution in [1.82, 2.24) is 0 Å². The van der Waals surface area contributed by atoms with E-state index >= 15 is 0 Å². The fourth-order valence-corrected chi connectivity index (χ4v) is 2.04. The molecule has 1 N–H and O–H groups in total. The first-order valence-electron chi connectivity index (χ1n) is 7.14. The van der Waals surface area contributed by atoms with Crippen LogP contribution in [0.1, 0.15) is 56.3 Å². The summed E-state index contributed by atoms with van der Waals surface area (Å²) in [7, 11) is 0. The van der Waals surface area contributed by atoms with Gasteiger partial charge in [-0.05, 0) is 25.8 Å². The van der Waals surface area contributed by atoms with E-state index in [1.54, 1.807) is 0 Å². The molecular formula is C15H21NO5. The van der Waals surface area contributed by atoms with E-state index in [4.69, 9.17) is 9.84 Å². The first-order chi connectivity index (χ1) is 9.95. The van der Waals surface area contributed by atoms with Crippen molar-refractivity contribution in [3.05, 3.63) is 33.9 Å². The normalized spacial score (nSPS) is 11.9. The number of nitro groups is 1. The lowest BCUT2D eigenvalue weighted by molar-refractivity contribution is -0.384. The molecule has 6 heteroatoms. The maximum Gasteiger partial charge on any atom is 0.339 e. The third kappa shape index (κ3) is 5.41. The first kappa shape index (κ1) is 16.9. The average Bonchev–Trinajstić information content (AvgIpc) is 2.43. The molecule has 0 fully saturated rings. The Hall–Kier alpha value is -2.11. The zero-order chi connectivity index (χ0) is 15.8. The average molecular weight is 295 g/mol. The Labute approximate surface area is 123 Å². The molecule has 1 aromatic rings. The molecule has 0 aliphatic heterocycles. The summed E-state index contributed by atoms with van der Waals surface area (Å²) >= 11 is 0. The van der Waals surface area contributed by atoms with Crippen LogP contribution in [0.15, 0.2) is 18.2 Å². The molecule has 0 spiro atoms. The van der Waals surface area contributed by atoms with Crippen molar-refractivity contribution in [3.63, 3.8) is 0 Å². The van der Waals surface area contributed by atoms with Gasteiger partial charge in [-0.1, -0.05) is 26.2 Å². The second kappa shape index (κ2) is 8.24. The highest BCUT2D eigenvalue weighted by atomic mass is 16.6. The molecule has 1 rings (SSSR count). The maximum absolute atomic E-state index is 11.2. The van der Waals surface area contributed by atoms with Gasteiger partial charge in [0.2, 0.25) is 0 Å². The summed E-state index contributed by atoms with van der Waals surface area (Å²) in [6, 6.07) is 3.64. The number of ether oxygens (including phenoxy) is 1. The van der Waals surface area contributed by atoms with Crippen LogP contribution in [0, 0.1) is 10.1 Å². The van der Waals surface area contributed by atoms with Crippen LogP contribution < -0.4 is 4.74 Å². The molecule has 0 saturated carbocycles. The van der Waals surface area contributed by atoms with Crippen LogP contribution in [0.4, 0.5) is 5.69 Å². The van der Waals surface area contributed by atoms with Crippen molar-refractivity contribution in [3.8, 4) is 5.75 Å². The largest absolute Gasteiger partial charge is 0.490 e. The van der Waals surface area contributed by atoms with Crippen molar-refractivity contribution in [2.45, 2.75) is 52.1 Å². The van der Waals surface area contributed by atoms with E-state index in [-0.39, 0.29) is 23.1 Å². The van der Waals surface area contributed by atoms with Gasteiger partial charge in [0.1, 0.15) is 11.3 Å². The molecule has 21 heavy (non-hydrogen) atoms. The number of carboxylic acid groups (broad SMARTS) is 1. The van der Waals surface area contributed by atoms with Crippen molar-refractivity contribution in [2.75, 3.05) is 0 Å². The number of hydrogen-bond donors (Lipinski definition) is 1. The Morgan fingerprint density at radius 1 is 1.38 bits per heavy atom. The lowest BCUT2D eigenvalue weighted by Gasteiger charge is -2.16. The van der Waals surface area contributed by atoms with Crippen LogP contribution in [0.25, 0.3) is 0 Å². The van der Waals surface area contributed by atoms with Gasteiger partial charge < -0.3 is 9.84 Å². The number of rotatable bonds is 9. The smallest absolute Gasteiger partial charge is 0.339 e. The fraction of sp³-hybridized carbons (Fsp3) is 0.533. The standard InChI is InChI=1S/C15H21NO5/c1-3-4-5-6-7-11(2)21-14-9-8-12(16(19)20)10-13(14)15(17)18/h8-11H,3-7H2,1-2H3,(H,17,18). The first-order valence-corrected chi connectivity index (χ1v) is 7.14. The van der Waals surface area contributed by atoms with Crippen LogP contribution in [-0.4, -0.2) is 22.1 Å². The minimum Gasteiger partial charge on any atom is -0.490 e. The number of hydrogen-bond acceptors (Lipinski definition) is 4. The Balaban J connectivity index is 2.73. The highest BCUT2D eigenvalue weighted by Gasteiger charge is 2.18. The zero-order valence-corrected chi connectivity index (χ0v) is 12.4. The molecule has 6 nitrogen and oxygen atoms in total. The van der Waals surface area contributed by atoms with E-state index in [1.165, 1.54) is 18.6 Å². The van der Waals surface area contributed by atoms with Gasteiger partial charge in [0.05, 0.1) is 11.0 Å². The zero-order valence-electron chi connectivity index (χ0n) is 12.4. The van der Waals surface area contributed by atoms with Gasteiger partial charge in [-0.25, -0.2) is 4.79 Å². The lowest BCUT2D eigenvalue weighted by Crippen LogP contribution is -2.14. The quantitative estimate of drug-likeness (QED) is 0.422. The van der Waals surface area contributed by atoms with Gasteiger partial charge in [-0.15, -0.1) is 0 Å². The van der Waals surface area contributed by atoms with E-state index < -0.39 is 10.9 Å². The van der Waals surface area contributed by atoms with E-state index in [0.717, 1.165) is 31.7 Å². The number of unbranched alkanes of at least 4 members (excludes halogenated alkanes) is 3. The third-order valence-corrected chi connectivity index (χ3v) is 3.20. The molecule has 0 amide bonds. The molecule has 1 atom stereocenters. The minimum absolute atomic E-state index is 0.124. The Morgan fingerprint density at radius 3 is 2.67 bits per heavy atom. The topological polar surface area (TPSA) is 89.7 Å². The van der Waals surface area contributed by atoms with Gasteiger partial charge in [0, 0.05) is 12.1 Å². The van der Waals surface area contributed by atoms with Crippen molar-refractivity contribution in [2.24, 2.45) is 0 Å². The summed E-state index contributed by atoms with van der Waals surface area (Å²) in [5.74, 6) is -1.05. The second-order valence-electron chi connectivity index (χ2n) is 5.02. The number of carboxylic acids is 1. The summed E-state index contributed by atoms with van der Waals surface area (Å²) in [6.07, 6.45) is 5.17. The highest BCUT2D eigenvalue weighted by Crippen LogP contribution is 2.26. The molecule has 1 unspecified atom stereocenters. The number of nitrogens with zero attached hydrogens (tertiary/aromatic N) is 1. The predicted molar refractivity (Wildman–Crippen MR) is 78.9 cm³/mol. The lowest BCUT2D eigenvalue weighted by atomic mass is 10.1. The molecule has 0 radical (unpaired) electrons. The third-order valence-electron chi connectivity index (χ3n) is 3.20. The van der Waals surface area contributed by atoms with Crippen molar-refractivity contribution < 1.29 is 19.6 Å². The van der Waals surface area contributed by atoms with Crippen LogP contribution in [-0.2, 0) is 0 Å². The molecule has 0 heterocycles. The van der Waals surface area contributed by atoms with Gasteiger partial charge in [-0.3, -0.25) is 10.1 Å². The molecule has 0 aromatic heterocycles. The summed E-state index contributed by atoms with van der Waals surface area (Å²) in [6.45, 7) is 4.01. The van der Waals surface area contributed by atoms with Crippen molar-refractivity contribution >= 4 is 11.7 Å². The molecular weight excluding hydrogens is 274 g/mol. The number of nitro benzene ring substituents is 1. The van der Waals surface area contributed by atoms with Crippen LogP contribution in [0.3, 0.4) is 0 Å². The number of benzene rings is 1. The molecule has 116 valence electrons. The van der Waals surface area contributed by atoms with Crippen LogP contribution >= 0.6 is 0 Å². The maximum atomic E-state index is 11.2. The second-order valence-corrected chi connectivity index (χ2v) is 5.02. The van der Waals surface area contributed by atoms with E-state index in [1.807, 2.05) is 6.92 Å². The van der Waals surface area contributed by atoms with Crippen LogP contribution in [0.2, 0.25) is 0 Å². The van der Waals surface area contributed by atoms with E-state index in [9.17, 15) is 14.9 Å². The van der Waals surface area contributed by atoms with Crippen molar-refractivity contribution in [1.29, 1.82) is 0 Å². The van der Waals surface area contributed by atoms with E-state index in [2.05, 4.69) is 6.92 Å². The number of carbonyl (C=O) groups is 1. The Bertz CT molecular complexity index is 501. The summed E-state index contributed by atoms with van der Waals surface area (Å²) in [5.41, 5.74) is -0.431. The van der Waals surface area contributed by atoms with Crippen LogP contribution in [0.5, 0.6) is 5.75 Å². The summed E-state index contributed by atoms with van der Waals surface area (Å²) in [4.78, 5) is 21.2. The monoisotopic (exact) mass is 295 g/mol. The highest BCUT2D eigenvalue weighted by molar-refractivity contribution is 5.91. The Morgan fingerprint density at radius 2 is 2.10 bits per heavy atom. The summed E-state index contributed by atoms with van der Waals surface area (Å²) in [5, 5.41) is 19.8. The fourth-order valence-electron chi connectivity index (χ4n) is 2.04. The minimum atomic E-state index is -1.23. The van der Waals surface area contributed by atoms with Gasteiger partial charge in [0.25, 0.3) is 5.69 Å². The van der Waals surface area contributed by atoms with E-state index in [0.29, 0.717) is 0 Å². The van der Waals surface area contributed by atoms with Gasteiger partial charge in [-0.2, -0.15) is 0 Å². The number of aromatic carboxylic acids is 1. The summed E-state index contributed by atoms with van der Waals surface area (Å²) < 4.78 is 5.62.